The zero-order valence-electron chi connectivity index (χ0n) is 33.3. The van der Waals surface area contributed by atoms with Crippen molar-refractivity contribution in [1.82, 2.24) is 33.6 Å². The van der Waals surface area contributed by atoms with Crippen molar-refractivity contribution in [3.8, 4) is 0 Å². The quantitative estimate of drug-likeness (QED) is 0.105. The normalized spacial score (nSPS) is 14.6. The van der Waals surface area contributed by atoms with E-state index in [-0.39, 0.29) is 17.3 Å². The van der Waals surface area contributed by atoms with E-state index in [0.717, 1.165) is 71.8 Å². The van der Waals surface area contributed by atoms with Gasteiger partial charge >= 0.3 is 0 Å². The van der Waals surface area contributed by atoms with Crippen molar-refractivity contribution in [1.29, 1.82) is 0 Å². The van der Waals surface area contributed by atoms with E-state index in [1.807, 2.05) is 80.2 Å². The highest BCUT2D eigenvalue weighted by atomic mass is 32.1. The molecular formula is C40H51N13O3S2. The predicted octanol–water partition coefficient (Wildman–Crippen LogP) is 6.17. The van der Waals surface area contributed by atoms with Crippen molar-refractivity contribution in [3.05, 3.63) is 83.2 Å². The number of hydrogen-bond acceptors (Lipinski definition) is 15. The van der Waals surface area contributed by atoms with Gasteiger partial charge in [0, 0.05) is 45.8 Å². The van der Waals surface area contributed by atoms with E-state index in [9.17, 15) is 14.4 Å². The Balaban J connectivity index is 0.000000203. The lowest BCUT2D eigenvalue weighted by Gasteiger charge is -2.34. The standard InChI is InChI=1S/C23H27N7O2S.C17H24N6OS/c1-15-12-19(33-28-15)27-22-20(21(24)31)25-13-18(26-22)29(2)14-16-8-10-30(11-9-16)23(32)17-6-4-3-5-7-17;1-11-8-14(25-22-11)21-17-15(16(18)24)19-9-13(20-17)23(2)10-12-6-4-3-5-7-12/h3-7,12-13,16H,8-11,14H2,1-2H3,(H2,24,31)(H,26,27);8-9,12H,3-7,10H2,1-2H3,(H2,18,24)(H,20,21). The number of amides is 3. The number of primary amides is 2. The topological polar surface area (TPSA) is 214 Å². The summed E-state index contributed by atoms with van der Waals surface area (Å²) in [5.41, 5.74) is 13.7. The van der Waals surface area contributed by atoms with E-state index in [1.165, 1.54) is 55.2 Å². The fourth-order valence-corrected chi connectivity index (χ4v) is 8.48. The highest BCUT2D eigenvalue weighted by molar-refractivity contribution is 7.10. The van der Waals surface area contributed by atoms with Gasteiger partial charge in [0.1, 0.15) is 21.6 Å². The molecular weight excluding hydrogens is 775 g/mol. The zero-order chi connectivity index (χ0) is 41.2. The molecule has 1 saturated carbocycles. The third-order valence-electron chi connectivity index (χ3n) is 10.2. The molecule has 5 aromatic rings. The van der Waals surface area contributed by atoms with Crippen LogP contribution in [0.2, 0.25) is 0 Å². The molecule has 0 atom stereocenters. The second kappa shape index (κ2) is 19.6. The van der Waals surface area contributed by atoms with Crippen LogP contribution in [0.4, 0.5) is 33.3 Å². The highest BCUT2D eigenvalue weighted by Crippen LogP contribution is 2.29. The summed E-state index contributed by atoms with van der Waals surface area (Å²) in [6, 6.07) is 13.2. The molecule has 16 nitrogen and oxygen atoms in total. The minimum Gasteiger partial charge on any atom is -0.364 e. The number of rotatable bonds is 13. The third-order valence-corrected chi connectivity index (χ3v) is 11.8. The van der Waals surface area contributed by atoms with Gasteiger partial charge in [0.25, 0.3) is 17.7 Å². The smallest absolute Gasteiger partial charge is 0.271 e. The number of aromatic nitrogens is 6. The molecule has 5 heterocycles. The molecule has 3 amide bonds. The maximum atomic E-state index is 12.7. The maximum absolute atomic E-state index is 12.7. The molecule has 0 spiro atoms. The summed E-state index contributed by atoms with van der Waals surface area (Å²) in [6.07, 6.45) is 11.5. The van der Waals surface area contributed by atoms with Gasteiger partial charge in [-0.2, -0.15) is 8.75 Å². The van der Waals surface area contributed by atoms with Crippen molar-refractivity contribution >= 4 is 74.1 Å². The summed E-state index contributed by atoms with van der Waals surface area (Å²) in [7, 11) is 3.97. The number of aryl methyl sites for hydroxylation is 2. The van der Waals surface area contributed by atoms with Crippen LogP contribution in [0.25, 0.3) is 0 Å². The molecule has 2 aliphatic rings. The summed E-state index contributed by atoms with van der Waals surface area (Å²) in [5.74, 6) is 2.04. The summed E-state index contributed by atoms with van der Waals surface area (Å²) in [5, 5.41) is 7.82. The molecule has 0 bridgehead atoms. The van der Waals surface area contributed by atoms with Gasteiger partial charge in [-0.3, -0.25) is 14.4 Å². The number of piperidine rings is 1. The van der Waals surface area contributed by atoms with Crippen LogP contribution >= 0.6 is 23.1 Å². The zero-order valence-corrected chi connectivity index (χ0v) is 35.0. The van der Waals surface area contributed by atoms with E-state index < -0.39 is 11.8 Å². The largest absolute Gasteiger partial charge is 0.364 e. The number of likely N-dealkylation sites (tertiary alicyclic amines) is 1. The summed E-state index contributed by atoms with van der Waals surface area (Å²) < 4.78 is 8.46. The minimum atomic E-state index is -0.643. The number of benzene rings is 1. The monoisotopic (exact) mass is 825 g/mol. The van der Waals surface area contributed by atoms with Gasteiger partial charge in [-0.05, 0) is 98.7 Å². The molecule has 1 aliphatic heterocycles. The Morgan fingerprint density at radius 1 is 0.724 bits per heavy atom. The minimum absolute atomic E-state index is 0.0873. The lowest BCUT2D eigenvalue weighted by molar-refractivity contribution is 0.0692. The van der Waals surface area contributed by atoms with Crippen LogP contribution in [-0.2, 0) is 0 Å². The molecule has 0 radical (unpaired) electrons. The van der Waals surface area contributed by atoms with Gasteiger partial charge in [-0.15, -0.1) is 0 Å². The van der Waals surface area contributed by atoms with Crippen LogP contribution in [0.5, 0.6) is 0 Å². The number of anilines is 6. The Bertz CT molecular complexity index is 2170. The van der Waals surface area contributed by atoms with Gasteiger partial charge in [-0.1, -0.05) is 37.5 Å². The average Bonchev–Trinajstić information content (AvgIpc) is 3.84. The van der Waals surface area contributed by atoms with Crippen molar-refractivity contribution in [3.63, 3.8) is 0 Å². The molecule has 1 saturated heterocycles. The van der Waals surface area contributed by atoms with Crippen molar-refractivity contribution < 1.29 is 14.4 Å². The fraction of sp³-hybridized carbons (Fsp3) is 0.425. The Kier molecular flexibility index (Phi) is 14.2. The first-order chi connectivity index (χ1) is 27.9. The lowest BCUT2D eigenvalue weighted by Crippen LogP contribution is -2.41. The van der Waals surface area contributed by atoms with Crippen molar-refractivity contribution in [2.45, 2.75) is 58.8 Å². The lowest BCUT2D eigenvalue weighted by atomic mass is 9.89. The van der Waals surface area contributed by atoms with E-state index >= 15 is 0 Å². The van der Waals surface area contributed by atoms with Crippen LogP contribution < -0.4 is 31.9 Å². The number of nitrogens with one attached hydrogen (secondary N) is 2. The van der Waals surface area contributed by atoms with Crippen molar-refractivity contribution in [2.75, 3.05) is 60.7 Å². The van der Waals surface area contributed by atoms with Crippen LogP contribution in [0.1, 0.15) is 87.7 Å². The van der Waals surface area contributed by atoms with Gasteiger partial charge in [0.15, 0.2) is 23.0 Å². The number of nitrogens with two attached hydrogens (primary N) is 2. The van der Waals surface area contributed by atoms with Crippen molar-refractivity contribution in [2.24, 2.45) is 23.3 Å². The number of nitrogens with zero attached hydrogens (tertiary/aromatic N) is 9. The van der Waals surface area contributed by atoms with E-state index in [1.54, 1.807) is 12.4 Å². The molecule has 2 fully saturated rings. The molecule has 6 N–H and O–H groups in total. The van der Waals surface area contributed by atoms with Crippen LogP contribution in [0.15, 0.2) is 54.9 Å². The molecule has 1 aliphatic carbocycles. The molecule has 306 valence electrons. The van der Waals surface area contributed by atoms with Crippen LogP contribution in [0, 0.1) is 25.7 Å². The summed E-state index contributed by atoms with van der Waals surface area (Å²) in [6.45, 7) is 6.99. The first kappa shape index (κ1) is 41.9. The maximum Gasteiger partial charge on any atom is 0.271 e. The van der Waals surface area contributed by atoms with E-state index in [2.05, 4.69) is 44.2 Å². The summed E-state index contributed by atoms with van der Waals surface area (Å²) >= 11 is 2.59. The van der Waals surface area contributed by atoms with Crippen LogP contribution in [-0.4, -0.2) is 91.6 Å². The fourth-order valence-electron chi connectivity index (χ4n) is 7.15. The molecule has 18 heteroatoms. The first-order valence-electron chi connectivity index (χ1n) is 19.4. The van der Waals surface area contributed by atoms with E-state index in [4.69, 9.17) is 11.5 Å². The number of hydrogen-bond donors (Lipinski definition) is 4. The SMILES string of the molecule is Cc1cc(Nc2nc(N(C)CC3CCCCC3)cnc2C(N)=O)sn1.Cc1cc(Nc2nc(N(C)CC3CCN(C(=O)c4ccccc4)CC3)cnc2C(N)=O)sn1. The first-order valence-corrected chi connectivity index (χ1v) is 21.0. The Morgan fingerprint density at radius 2 is 1.19 bits per heavy atom. The molecule has 58 heavy (non-hydrogen) atoms. The second-order valence-electron chi connectivity index (χ2n) is 14.9. The number of carbonyl (C=O) groups is 3. The number of carbonyl (C=O) groups excluding carboxylic acids is 3. The van der Waals surface area contributed by atoms with Crippen LogP contribution in [0.3, 0.4) is 0 Å². The third kappa shape index (κ3) is 11.2. The molecule has 4 aromatic heterocycles. The summed E-state index contributed by atoms with van der Waals surface area (Å²) in [4.78, 5) is 59.9. The Labute approximate surface area is 346 Å². The highest BCUT2D eigenvalue weighted by Gasteiger charge is 2.26. The van der Waals surface area contributed by atoms with Gasteiger partial charge in [0.2, 0.25) is 0 Å². The molecule has 0 unspecified atom stereocenters. The van der Waals surface area contributed by atoms with E-state index in [0.29, 0.717) is 29.3 Å². The van der Waals surface area contributed by atoms with Gasteiger partial charge in [0.05, 0.1) is 23.8 Å². The Morgan fingerprint density at radius 3 is 1.62 bits per heavy atom. The van der Waals surface area contributed by atoms with Gasteiger partial charge in [-0.25, -0.2) is 19.9 Å². The Hall–Kier alpha value is -5.75. The van der Waals surface area contributed by atoms with Gasteiger partial charge < -0.3 is 36.8 Å². The predicted molar refractivity (Wildman–Crippen MR) is 230 cm³/mol. The average molecular weight is 826 g/mol. The molecule has 1 aromatic carbocycles. The second-order valence-corrected chi connectivity index (χ2v) is 16.5. The molecule has 7 rings (SSSR count).